The fourth-order valence-electron chi connectivity index (χ4n) is 9.90. The zero-order chi connectivity index (χ0) is 76.0. The first-order chi connectivity index (χ1) is 51.6. The second-order valence-electron chi connectivity index (χ2n) is 26.9. The van der Waals surface area contributed by atoms with Gasteiger partial charge in [-0.1, -0.05) is 333 Å². The Balaban J connectivity index is 4.24. The topological polar surface area (TPSA) is 108 Å². The van der Waals surface area contributed by atoms with Crippen molar-refractivity contribution in [3.63, 3.8) is 0 Å². The average Bonchev–Trinajstić information content (AvgIpc) is 1.18. The summed E-state index contributed by atoms with van der Waals surface area (Å²) in [7, 11) is 5.95. The van der Waals surface area contributed by atoms with E-state index >= 15 is 0 Å². The number of nitrogens with zero attached hydrogens (tertiary/aromatic N) is 1. The monoisotopic (exact) mass is 1440 g/mol. The van der Waals surface area contributed by atoms with E-state index in [0.29, 0.717) is 17.4 Å². The van der Waals surface area contributed by atoms with Crippen molar-refractivity contribution < 1.29 is 42.9 Å². The van der Waals surface area contributed by atoms with Gasteiger partial charge < -0.3 is 28.5 Å². The number of hydrogen-bond acceptors (Lipinski definition) is 7. The number of rotatable bonds is 71. The summed E-state index contributed by atoms with van der Waals surface area (Å²) in [4.78, 5) is 37.7. The Kier molecular flexibility index (Phi) is 76.4. The third-order valence-electron chi connectivity index (χ3n) is 16.0. The van der Waals surface area contributed by atoms with Gasteiger partial charge in [0.2, 0.25) is 0 Å². The van der Waals surface area contributed by atoms with Gasteiger partial charge >= 0.3 is 17.9 Å². The minimum absolute atomic E-state index is 0.166. The minimum Gasteiger partial charge on any atom is -0.477 e. The largest absolute Gasteiger partial charge is 0.477 e. The number of carboxylic acids is 1. The Morgan fingerprint density at radius 2 is 0.514 bits per heavy atom. The van der Waals surface area contributed by atoms with Crippen LogP contribution in [0.2, 0.25) is 0 Å². The number of carbonyl (C=O) groups excluding carboxylic acids is 2. The maximum Gasteiger partial charge on any atom is 0.361 e. The molecule has 0 saturated carbocycles. The second kappa shape index (κ2) is 82.2. The molecule has 105 heavy (non-hydrogen) atoms. The zero-order valence-electron chi connectivity index (χ0n) is 66.5. The number of unbranched alkanes of at least 4 members (excludes halogenated alkanes) is 12. The third-order valence-corrected chi connectivity index (χ3v) is 16.0. The molecule has 2 atom stereocenters. The molecule has 582 valence electrons. The SMILES string of the molecule is CC/C=C\C/C=C\C/C=C\C/C=C\C/C=C\C/C=C\C/C=C\C/C=C\C/C=C\C/C=C\C/C=C\C/C=C\CCCCCCC(=O)OC(COC(=O)CCCCCCCCCC/C=C\C/C=C\C/C=C\C/C=C\C/C=C\C/C=C\C/C=C\C/C=C\C/C=C\C/C=C\CC)COC(OCC[N+](C)(C)C)C(=O)O. The molecule has 0 aliphatic carbocycles. The lowest BCUT2D eigenvalue weighted by Gasteiger charge is -2.25. The summed E-state index contributed by atoms with van der Waals surface area (Å²) in [6.45, 7) is 4.57. The maximum atomic E-state index is 13.0. The molecule has 0 saturated heterocycles. The van der Waals surface area contributed by atoms with E-state index in [-0.39, 0.29) is 38.6 Å². The van der Waals surface area contributed by atoms with E-state index < -0.39 is 24.3 Å². The van der Waals surface area contributed by atoms with Crippen molar-refractivity contribution in [2.75, 3.05) is 47.5 Å². The molecule has 9 heteroatoms. The lowest BCUT2D eigenvalue weighted by Crippen LogP contribution is -2.40. The fourth-order valence-corrected chi connectivity index (χ4v) is 9.90. The van der Waals surface area contributed by atoms with Gasteiger partial charge in [0.05, 0.1) is 34.4 Å². The molecular weight excluding hydrogens is 1300 g/mol. The van der Waals surface area contributed by atoms with Crippen LogP contribution in [-0.2, 0) is 33.3 Å². The normalized spacial score (nSPS) is 14.1. The van der Waals surface area contributed by atoms with Crippen LogP contribution in [0, 0.1) is 0 Å². The van der Waals surface area contributed by atoms with Crippen molar-refractivity contribution in [1.29, 1.82) is 0 Å². The Bertz CT molecular complexity index is 2740. The van der Waals surface area contributed by atoms with Crippen molar-refractivity contribution in [3.05, 3.63) is 267 Å². The summed E-state index contributed by atoms with van der Waals surface area (Å²) in [5.41, 5.74) is 0. The van der Waals surface area contributed by atoms with Crippen molar-refractivity contribution in [1.82, 2.24) is 0 Å². The highest BCUT2D eigenvalue weighted by molar-refractivity contribution is 5.71. The van der Waals surface area contributed by atoms with E-state index in [1.165, 1.54) is 25.7 Å². The first-order valence-electron chi connectivity index (χ1n) is 40.5. The number of carbonyl (C=O) groups is 3. The van der Waals surface area contributed by atoms with Crippen molar-refractivity contribution in [2.45, 2.75) is 270 Å². The van der Waals surface area contributed by atoms with Gasteiger partial charge in [0.1, 0.15) is 13.2 Å². The molecule has 0 spiro atoms. The molecule has 0 radical (unpaired) electrons. The van der Waals surface area contributed by atoms with Crippen molar-refractivity contribution in [2.24, 2.45) is 0 Å². The molecule has 0 bridgehead atoms. The molecular formula is C96H146NO8+. The molecule has 9 nitrogen and oxygen atoms in total. The van der Waals surface area contributed by atoms with Crippen LogP contribution in [-0.4, -0.2) is 87.4 Å². The van der Waals surface area contributed by atoms with E-state index in [0.717, 1.165) is 199 Å². The first kappa shape index (κ1) is 97.6. The van der Waals surface area contributed by atoms with E-state index in [2.05, 4.69) is 281 Å². The van der Waals surface area contributed by atoms with Gasteiger partial charge in [0, 0.05) is 12.8 Å². The number of esters is 2. The van der Waals surface area contributed by atoms with Crippen molar-refractivity contribution in [3.8, 4) is 0 Å². The van der Waals surface area contributed by atoms with Gasteiger partial charge in [0.25, 0.3) is 6.29 Å². The van der Waals surface area contributed by atoms with Gasteiger partial charge in [-0.05, 0) is 180 Å². The smallest absolute Gasteiger partial charge is 0.361 e. The molecule has 0 aromatic rings. The highest BCUT2D eigenvalue weighted by Crippen LogP contribution is 2.14. The second-order valence-corrected chi connectivity index (χ2v) is 26.9. The standard InChI is InChI=1S/C96H145NO8/c1-6-8-10-12-14-16-18-20-22-24-26-28-30-32-34-36-38-40-42-44-46-47-49-51-53-55-57-59-61-63-65-67-69-71-73-75-77-79-81-83-85-87-94(99)105-92(91-104-96(95(100)101)102-89-88-97(3,4)5)90-103-93(98)86-84-82-80-78-76-74-72-70-68-66-64-62-60-58-56-54-52-50-48-45-43-41-39-37-35-33-31-29-27-25-23-21-19-17-15-13-11-9-7-2/h8-11,14-17,20-23,26-29,32-35,38-41,44-46,48-49,51-52,54-55,57-58,60-61,63-64,66-67,69,73,75,92,96H,6-7,12-13,18-19,24-25,30-31,36-37,42-43,47,50,53,56,59,62,65,68,70-72,74,76-91H2,1-5H3/p+1/b10-8-,11-9-,16-14-,17-15-,22-20-,23-21-,28-26-,29-27-,34-32-,35-33-,40-38-,41-39-,46-44-,48-45-,51-49-,54-52-,57-55-,60-58-,63-61-,66-64-,69-67-,75-73-. The van der Waals surface area contributed by atoms with Crippen LogP contribution in [0.4, 0.5) is 0 Å². The summed E-state index contributed by atoms with van der Waals surface area (Å²) >= 11 is 0. The molecule has 0 fully saturated rings. The lowest BCUT2D eigenvalue weighted by atomic mass is 10.1. The van der Waals surface area contributed by atoms with Crippen LogP contribution in [0.3, 0.4) is 0 Å². The highest BCUT2D eigenvalue weighted by Gasteiger charge is 2.25. The quantitative estimate of drug-likeness (QED) is 0.0211. The maximum absolute atomic E-state index is 13.0. The number of ether oxygens (including phenoxy) is 4. The average molecular weight is 1440 g/mol. The lowest BCUT2D eigenvalue weighted by molar-refractivity contribution is -0.870. The van der Waals surface area contributed by atoms with Crippen LogP contribution in [0.25, 0.3) is 0 Å². The molecule has 0 aliphatic heterocycles. The molecule has 1 N–H and O–H groups in total. The van der Waals surface area contributed by atoms with Crippen LogP contribution < -0.4 is 0 Å². The van der Waals surface area contributed by atoms with E-state index in [1.54, 1.807) is 0 Å². The molecule has 0 amide bonds. The molecule has 0 heterocycles. The summed E-state index contributed by atoms with van der Waals surface area (Å²) in [6.07, 6.45) is 132. The molecule has 0 aromatic heterocycles. The molecule has 0 aromatic carbocycles. The number of likely N-dealkylation sites (N-methyl/N-ethyl adjacent to an activating group) is 1. The summed E-state index contributed by atoms with van der Waals surface area (Å²) < 4.78 is 23.0. The van der Waals surface area contributed by atoms with Gasteiger partial charge in [-0.25, -0.2) is 4.79 Å². The Labute approximate surface area is 642 Å². The third kappa shape index (κ3) is 83.7. The Hall–Kier alpha value is -7.43. The molecule has 2 unspecified atom stereocenters. The number of aliphatic carboxylic acids is 1. The van der Waals surface area contributed by atoms with Gasteiger partial charge in [0.15, 0.2) is 6.10 Å². The Morgan fingerprint density at radius 1 is 0.286 bits per heavy atom. The number of quaternary nitrogens is 1. The number of hydrogen-bond donors (Lipinski definition) is 1. The highest BCUT2D eigenvalue weighted by atomic mass is 16.7. The first-order valence-corrected chi connectivity index (χ1v) is 40.5. The van der Waals surface area contributed by atoms with Gasteiger partial charge in [-0.3, -0.25) is 9.59 Å². The fraction of sp³-hybridized carbons (Fsp3) is 0.510. The van der Waals surface area contributed by atoms with E-state index in [9.17, 15) is 19.5 Å². The minimum atomic E-state index is -1.54. The van der Waals surface area contributed by atoms with E-state index in [1.807, 2.05) is 21.1 Å². The van der Waals surface area contributed by atoms with Gasteiger partial charge in [-0.2, -0.15) is 0 Å². The van der Waals surface area contributed by atoms with Crippen LogP contribution in [0.5, 0.6) is 0 Å². The number of carboxylic acid groups (broad SMARTS) is 1. The predicted molar refractivity (Wildman–Crippen MR) is 455 cm³/mol. The van der Waals surface area contributed by atoms with Crippen LogP contribution >= 0.6 is 0 Å². The van der Waals surface area contributed by atoms with E-state index in [4.69, 9.17) is 18.9 Å². The molecule has 0 aliphatic rings. The molecule has 0 rings (SSSR count). The Morgan fingerprint density at radius 3 is 0.762 bits per heavy atom. The number of allylic oxidation sites excluding steroid dienone is 44. The van der Waals surface area contributed by atoms with Crippen LogP contribution in [0.15, 0.2) is 267 Å². The van der Waals surface area contributed by atoms with Gasteiger partial charge in [-0.15, -0.1) is 0 Å². The summed E-state index contributed by atoms with van der Waals surface area (Å²) in [5, 5.41) is 9.78. The zero-order valence-corrected chi connectivity index (χ0v) is 66.5. The summed E-state index contributed by atoms with van der Waals surface area (Å²) in [5.74, 6) is -2.08. The summed E-state index contributed by atoms with van der Waals surface area (Å²) in [6, 6.07) is 0. The predicted octanol–water partition coefficient (Wildman–Crippen LogP) is 26.7. The van der Waals surface area contributed by atoms with Crippen LogP contribution in [0.1, 0.15) is 258 Å². The van der Waals surface area contributed by atoms with Crippen molar-refractivity contribution >= 4 is 17.9 Å².